The van der Waals surface area contributed by atoms with Crippen LogP contribution in [0.2, 0.25) is 0 Å². The van der Waals surface area contributed by atoms with Crippen LogP contribution >= 0.6 is 0 Å². The number of nitrogens with one attached hydrogen (secondary N) is 1. The lowest BCUT2D eigenvalue weighted by molar-refractivity contribution is -0.142. The summed E-state index contributed by atoms with van der Waals surface area (Å²) in [7, 11) is 0. The molecule has 2 heterocycles. The van der Waals surface area contributed by atoms with Gasteiger partial charge in [-0.3, -0.25) is 9.20 Å². The van der Waals surface area contributed by atoms with Crippen LogP contribution in [-0.2, 0) is 4.79 Å². The third-order valence-electron chi connectivity index (χ3n) is 5.66. The maximum atomic E-state index is 12.3. The van der Waals surface area contributed by atoms with Gasteiger partial charge in [-0.25, -0.2) is 4.98 Å². The van der Waals surface area contributed by atoms with Gasteiger partial charge in [0, 0.05) is 17.8 Å². The summed E-state index contributed by atoms with van der Waals surface area (Å²) in [6.07, 6.45) is 8.29. The fraction of sp³-hybridized carbons (Fsp3) is 0.440. The lowest BCUT2D eigenvalue weighted by atomic mass is 9.95. The highest BCUT2D eigenvalue weighted by Gasteiger charge is 2.24. The molecule has 0 amide bonds. The van der Waals surface area contributed by atoms with Crippen LogP contribution in [0.5, 0.6) is 5.75 Å². The van der Waals surface area contributed by atoms with Crippen molar-refractivity contribution in [1.29, 1.82) is 0 Å². The van der Waals surface area contributed by atoms with Gasteiger partial charge < -0.3 is 10.1 Å². The smallest absolute Gasteiger partial charge is 0.316 e. The van der Waals surface area contributed by atoms with E-state index in [0.29, 0.717) is 11.8 Å². The highest BCUT2D eigenvalue weighted by atomic mass is 16.5. The largest absolute Gasteiger partial charge is 0.426 e. The molecule has 1 fully saturated rings. The number of rotatable bonds is 4. The maximum Gasteiger partial charge on any atom is 0.316 e. The minimum absolute atomic E-state index is 0.245. The molecule has 158 valence electrons. The predicted molar refractivity (Wildman–Crippen MR) is 121 cm³/mol. The standard InChI is InChI=1S/C25H31N3O2/c1-17-13-14-28-21(15-17)27-22(23(28)26-19-10-6-5-7-11-19)18-9-8-12-20(16-18)30-24(29)25(2,3)4/h8-9,12-16,19,26H,5-7,10-11H2,1-4H3. The first-order valence-electron chi connectivity index (χ1n) is 10.9. The first kappa shape index (κ1) is 20.5. The Labute approximate surface area is 178 Å². The summed E-state index contributed by atoms with van der Waals surface area (Å²) >= 11 is 0. The number of nitrogens with zero attached hydrogens (tertiary/aromatic N) is 2. The number of hydrogen-bond acceptors (Lipinski definition) is 4. The number of carbonyl (C=O) groups is 1. The van der Waals surface area contributed by atoms with Gasteiger partial charge in [0.05, 0.1) is 5.41 Å². The number of imidazole rings is 1. The second-order valence-electron chi connectivity index (χ2n) is 9.39. The SMILES string of the molecule is Cc1ccn2c(NC3CCCCC3)c(-c3cccc(OC(=O)C(C)(C)C)c3)nc2c1. The number of pyridine rings is 1. The van der Waals surface area contributed by atoms with Crippen molar-refractivity contribution < 1.29 is 9.53 Å². The van der Waals surface area contributed by atoms with Gasteiger partial charge in [-0.15, -0.1) is 0 Å². The van der Waals surface area contributed by atoms with E-state index in [0.717, 1.165) is 22.7 Å². The molecule has 0 bridgehead atoms. The van der Waals surface area contributed by atoms with Crippen molar-refractivity contribution in [3.63, 3.8) is 0 Å². The Morgan fingerprint density at radius 1 is 1.13 bits per heavy atom. The topological polar surface area (TPSA) is 55.6 Å². The Balaban J connectivity index is 1.73. The minimum atomic E-state index is -0.551. The van der Waals surface area contributed by atoms with E-state index < -0.39 is 5.41 Å². The molecule has 1 aromatic carbocycles. The molecule has 4 rings (SSSR count). The molecule has 0 spiro atoms. The van der Waals surface area contributed by atoms with Crippen LogP contribution in [0.3, 0.4) is 0 Å². The summed E-state index contributed by atoms with van der Waals surface area (Å²) in [6, 6.07) is 12.3. The molecule has 30 heavy (non-hydrogen) atoms. The first-order valence-corrected chi connectivity index (χ1v) is 10.9. The number of benzene rings is 1. The molecular weight excluding hydrogens is 374 g/mol. The number of aryl methyl sites for hydroxylation is 1. The minimum Gasteiger partial charge on any atom is -0.426 e. The zero-order valence-electron chi connectivity index (χ0n) is 18.4. The Bertz CT molecular complexity index is 1060. The van der Waals surface area contributed by atoms with Crippen molar-refractivity contribution in [2.45, 2.75) is 65.8 Å². The van der Waals surface area contributed by atoms with Crippen LogP contribution in [0, 0.1) is 12.3 Å². The number of aromatic nitrogens is 2. The van der Waals surface area contributed by atoms with Crippen LogP contribution in [-0.4, -0.2) is 21.4 Å². The summed E-state index contributed by atoms with van der Waals surface area (Å²) in [5.41, 5.74) is 3.37. The predicted octanol–water partition coefficient (Wildman–Crippen LogP) is 6.01. The molecule has 1 N–H and O–H groups in total. The van der Waals surface area contributed by atoms with Crippen molar-refractivity contribution in [2.75, 3.05) is 5.32 Å². The Morgan fingerprint density at radius 2 is 1.90 bits per heavy atom. The van der Waals surface area contributed by atoms with E-state index in [2.05, 4.69) is 35.0 Å². The summed E-state index contributed by atoms with van der Waals surface area (Å²) in [5.74, 6) is 1.31. The summed E-state index contributed by atoms with van der Waals surface area (Å²) < 4.78 is 7.76. The summed E-state index contributed by atoms with van der Waals surface area (Å²) in [6.45, 7) is 7.65. The van der Waals surface area contributed by atoms with E-state index >= 15 is 0 Å². The maximum absolute atomic E-state index is 12.3. The van der Waals surface area contributed by atoms with Gasteiger partial charge in [0.2, 0.25) is 0 Å². The van der Waals surface area contributed by atoms with E-state index in [9.17, 15) is 4.79 Å². The van der Waals surface area contributed by atoms with Crippen LogP contribution in [0.15, 0.2) is 42.6 Å². The second-order valence-corrected chi connectivity index (χ2v) is 9.39. The van der Waals surface area contributed by atoms with Gasteiger partial charge >= 0.3 is 5.97 Å². The van der Waals surface area contributed by atoms with Crippen LogP contribution in [0.1, 0.15) is 58.4 Å². The van der Waals surface area contributed by atoms with Crippen molar-refractivity contribution in [3.8, 4) is 17.0 Å². The average Bonchev–Trinajstić information content (AvgIpc) is 3.05. The van der Waals surface area contributed by atoms with E-state index in [1.54, 1.807) is 0 Å². The molecule has 0 aliphatic heterocycles. The normalized spacial score (nSPS) is 15.3. The van der Waals surface area contributed by atoms with Gasteiger partial charge in [-0.05, 0) is 70.4 Å². The molecule has 2 aromatic heterocycles. The molecule has 5 heteroatoms. The number of hydrogen-bond donors (Lipinski definition) is 1. The molecule has 5 nitrogen and oxygen atoms in total. The molecule has 3 aromatic rings. The van der Waals surface area contributed by atoms with Gasteiger partial charge in [-0.2, -0.15) is 0 Å². The number of esters is 1. The van der Waals surface area contributed by atoms with E-state index in [4.69, 9.17) is 9.72 Å². The molecule has 0 unspecified atom stereocenters. The number of carbonyl (C=O) groups excluding carboxylic acids is 1. The fourth-order valence-electron chi connectivity index (χ4n) is 3.89. The second kappa shape index (κ2) is 8.13. The van der Waals surface area contributed by atoms with Gasteiger partial charge in [0.25, 0.3) is 0 Å². The summed E-state index contributed by atoms with van der Waals surface area (Å²) in [5, 5.41) is 3.77. The van der Waals surface area contributed by atoms with Crippen LogP contribution < -0.4 is 10.1 Å². The Kier molecular flexibility index (Phi) is 5.54. The zero-order valence-corrected chi connectivity index (χ0v) is 18.4. The van der Waals surface area contributed by atoms with Gasteiger partial charge in [0.15, 0.2) is 0 Å². The number of fused-ring (bicyclic) bond motifs is 1. The quantitative estimate of drug-likeness (QED) is 0.427. The van der Waals surface area contributed by atoms with E-state index in [1.807, 2.05) is 45.0 Å². The van der Waals surface area contributed by atoms with Crippen LogP contribution in [0.25, 0.3) is 16.9 Å². The lowest BCUT2D eigenvalue weighted by Crippen LogP contribution is -2.25. The van der Waals surface area contributed by atoms with Crippen molar-refractivity contribution in [2.24, 2.45) is 5.41 Å². The lowest BCUT2D eigenvalue weighted by Gasteiger charge is -2.24. The van der Waals surface area contributed by atoms with Crippen molar-refractivity contribution in [1.82, 2.24) is 9.38 Å². The molecule has 1 aliphatic rings. The highest BCUT2D eigenvalue weighted by Crippen LogP contribution is 2.33. The Morgan fingerprint density at radius 3 is 2.63 bits per heavy atom. The molecule has 0 radical (unpaired) electrons. The molecular formula is C25H31N3O2. The molecule has 0 atom stereocenters. The number of ether oxygens (including phenoxy) is 1. The molecule has 0 saturated heterocycles. The van der Waals surface area contributed by atoms with E-state index in [1.165, 1.54) is 37.7 Å². The zero-order chi connectivity index (χ0) is 21.3. The third kappa shape index (κ3) is 4.35. The number of anilines is 1. The molecule has 1 saturated carbocycles. The summed E-state index contributed by atoms with van der Waals surface area (Å²) in [4.78, 5) is 17.3. The van der Waals surface area contributed by atoms with Crippen molar-refractivity contribution >= 4 is 17.4 Å². The van der Waals surface area contributed by atoms with Gasteiger partial charge in [-0.1, -0.05) is 31.4 Å². The molecule has 1 aliphatic carbocycles. The average molecular weight is 406 g/mol. The highest BCUT2D eigenvalue weighted by molar-refractivity contribution is 5.80. The third-order valence-corrected chi connectivity index (χ3v) is 5.66. The fourth-order valence-corrected chi connectivity index (χ4v) is 3.89. The van der Waals surface area contributed by atoms with E-state index in [-0.39, 0.29) is 5.97 Å². The monoisotopic (exact) mass is 405 g/mol. The van der Waals surface area contributed by atoms with Crippen molar-refractivity contribution in [3.05, 3.63) is 48.2 Å². The van der Waals surface area contributed by atoms with Gasteiger partial charge in [0.1, 0.15) is 22.9 Å². The first-order chi connectivity index (χ1) is 14.3. The van der Waals surface area contributed by atoms with Crippen LogP contribution in [0.4, 0.5) is 5.82 Å². The Hall–Kier alpha value is -2.82.